The van der Waals surface area contributed by atoms with Gasteiger partial charge in [0.05, 0.1) is 12.4 Å². The highest BCUT2D eigenvalue weighted by atomic mass is 35.5. The number of methoxy groups -OCH3 is 2. The summed E-state index contributed by atoms with van der Waals surface area (Å²) in [7, 11) is 3.28. The molecule has 0 amide bonds. The fourth-order valence-electron chi connectivity index (χ4n) is 2.96. The summed E-state index contributed by atoms with van der Waals surface area (Å²) < 4.78 is 12.4. The molecule has 6 nitrogen and oxygen atoms in total. The van der Waals surface area contributed by atoms with Gasteiger partial charge in [-0.25, -0.2) is 0 Å². The van der Waals surface area contributed by atoms with E-state index in [1.165, 1.54) is 11.8 Å². The lowest BCUT2D eigenvalue weighted by molar-refractivity contribution is 0.0993. The number of halogens is 1. The third-order valence-corrected chi connectivity index (χ3v) is 5.91. The van der Waals surface area contributed by atoms with Crippen LogP contribution in [-0.2, 0) is 11.3 Å². The van der Waals surface area contributed by atoms with Gasteiger partial charge in [0.25, 0.3) is 0 Å². The molecule has 0 saturated carbocycles. The van der Waals surface area contributed by atoms with Crippen molar-refractivity contribution < 1.29 is 14.3 Å². The quantitative estimate of drug-likeness (QED) is 0.248. The van der Waals surface area contributed by atoms with Gasteiger partial charge in [0.15, 0.2) is 16.8 Å². The number of ketones is 1. The lowest BCUT2D eigenvalue weighted by Crippen LogP contribution is -2.15. The summed E-state index contributed by atoms with van der Waals surface area (Å²) >= 11 is 7.42. The average Bonchev–Trinajstić information content (AvgIpc) is 3.16. The van der Waals surface area contributed by atoms with Crippen LogP contribution in [0, 0.1) is 0 Å². The lowest BCUT2D eigenvalue weighted by atomic mass is 10.1. The van der Waals surface area contributed by atoms with Crippen molar-refractivity contribution >= 4 is 29.1 Å². The molecule has 0 N–H and O–H groups in total. The Morgan fingerprint density at radius 2 is 1.80 bits per heavy atom. The van der Waals surface area contributed by atoms with E-state index in [4.69, 9.17) is 21.1 Å². The molecule has 0 aliphatic heterocycles. The number of rotatable bonds is 10. The van der Waals surface area contributed by atoms with E-state index in [1.54, 1.807) is 38.5 Å². The molecule has 0 aliphatic rings. The Morgan fingerprint density at radius 1 is 1.10 bits per heavy atom. The second-order valence-corrected chi connectivity index (χ2v) is 8.41. The molecule has 3 rings (SSSR count). The van der Waals surface area contributed by atoms with Crippen LogP contribution in [0.1, 0.15) is 23.7 Å². The first-order valence-corrected chi connectivity index (χ1v) is 10.8. The van der Waals surface area contributed by atoms with Crippen molar-refractivity contribution in [2.75, 3.05) is 20.8 Å². The Balaban J connectivity index is 1.82. The summed E-state index contributed by atoms with van der Waals surface area (Å²) in [6.07, 6.45) is 0.809. The van der Waals surface area contributed by atoms with Crippen LogP contribution in [0.3, 0.4) is 0 Å². The smallest absolute Gasteiger partial charge is 0.192 e. The van der Waals surface area contributed by atoms with E-state index in [1.807, 2.05) is 35.8 Å². The minimum atomic E-state index is -0.318. The fourth-order valence-corrected chi connectivity index (χ4v) is 4.04. The van der Waals surface area contributed by atoms with Gasteiger partial charge < -0.3 is 14.0 Å². The topological polar surface area (TPSA) is 66.2 Å². The molecular weight excluding hydrogens is 422 g/mol. The summed E-state index contributed by atoms with van der Waals surface area (Å²) in [5, 5.41) is 9.80. The largest absolute Gasteiger partial charge is 0.497 e. The van der Waals surface area contributed by atoms with Crippen LogP contribution in [0.15, 0.2) is 53.7 Å². The zero-order valence-corrected chi connectivity index (χ0v) is 18.7. The number of thioether (sulfide) groups is 1. The molecule has 1 aromatic heterocycles. The molecule has 2 aromatic carbocycles. The first-order chi connectivity index (χ1) is 14.5. The molecule has 0 saturated heterocycles. The number of carbonyl (C=O) groups excluding carboxylic acids is 1. The molecule has 0 bridgehead atoms. The lowest BCUT2D eigenvalue weighted by Gasteiger charge is -2.13. The first-order valence-electron chi connectivity index (χ1n) is 9.56. The zero-order valence-electron chi connectivity index (χ0n) is 17.2. The van der Waals surface area contributed by atoms with E-state index < -0.39 is 0 Å². The van der Waals surface area contributed by atoms with Gasteiger partial charge in [-0.3, -0.25) is 4.79 Å². The molecule has 1 atom stereocenters. The number of aromatic nitrogens is 3. The summed E-state index contributed by atoms with van der Waals surface area (Å²) in [6.45, 7) is 3.20. The standard InChI is InChI=1S/C22H24ClN3O3S/c1-15(20(27)16-7-11-19(29-3)12-8-16)30-22-25-24-21(26(22)13-4-14-28-2)17-5-9-18(23)10-6-17/h5-12,15H,4,13-14H2,1-3H3/t15-/m1/s1. The molecule has 0 fully saturated rings. The predicted octanol–water partition coefficient (Wildman–Crippen LogP) is 5.01. The summed E-state index contributed by atoms with van der Waals surface area (Å²) in [5.74, 6) is 1.49. The molecule has 8 heteroatoms. The maximum absolute atomic E-state index is 12.9. The van der Waals surface area contributed by atoms with Crippen molar-refractivity contribution in [3.8, 4) is 17.1 Å². The SMILES string of the molecule is COCCCn1c(S[C@H](C)C(=O)c2ccc(OC)cc2)nnc1-c1ccc(Cl)cc1. The highest BCUT2D eigenvalue weighted by molar-refractivity contribution is 8.00. The second-order valence-electron chi connectivity index (χ2n) is 6.66. The van der Waals surface area contributed by atoms with Crippen LogP contribution < -0.4 is 4.74 Å². The maximum atomic E-state index is 12.9. The van der Waals surface area contributed by atoms with Gasteiger partial charge >= 0.3 is 0 Å². The molecule has 1 heterocycles. The van der Waals surface area contributed by atoms with E-state index >= 15 is 0 Å². The molecule has 0 spiro atoms. The van der Waals surface area contributed by atoms with Gasteiger partial charge in [-0.2, -0.15) is 0 Å². The Morgan fingerprint density at radius 3 is 2.43 bits per heavy atom. The van der Waals surface area contributed by atoms with Gasteiger partial charge in [0, 0.05) is 36.4 Å². The second kappa shape index (κ2) is 10.6. The fraction of sp³-hybridized carbons (Fsp3) is 0.318. The molecule has 30 heavy (non-hydrogen) atoms. The van der Waals surface area contributed by atoms with Crippen LogP contribution in [0.5, 0.6) is 5.75 Å². The van der Waals surface area contributed by atoms with Crippen LogP contribution in [-0.4, -0.2) is 46.6 Å². The summed E-state index contributed by atoms with van der Waals surface area (Å²) in [6, 6.07) is 14.6. The zero-order chi connectivity index (χ0) is 21.5. The number of hydrogen-bond donors (Lipinski definition) is 0. The van der Waals surface area contributed by atoms with Crippen LogP contribution in [0.25, 0.3) is 11.4 Å². The molecule has 0 radical (unpaired) electrons. The maximum Gasteiger partial charge on any atom is 0.192 e. The number of nitrogens with zero attached hydrogens (tertiary/aromatic N) is 3. The average molecular weight is 446 g/mol. The Bertz CT molecular complexity index is 974. The van der Waals surface area contributed by atoms with Crippen LogP contribution >= 0.6 is 23.4 Å². The van der Waals surface area contributed by atoms with Crippen molar-refractivity contribution in [2.24, 2.45) is 0 Å². The van der Waals surface area contributed by atoms with Gasteiger partial charge in [0.2, 0.25) is 0 Å². The van der Waals surface area contributed by atoms with Crippen molar-refractivity contribution in [3.05, 3.63) is 59.1 Å². The Hall–Kier alpha value is -2.35. The molecule has 3 aromatic rings. The van der Waals surface area contributed by atoms with E-state index in [9.17, 15) is 4.79 Å². The molecule has 158 valence electrons. The van der Waals surface area contributed by atoms with Gasteiger partial charge in [-0.15, -0.1) is 10.2 Å². The summed E-state index contributed by atoms with van der Waals surface area (Å²) in [5.41, 5.74) is 1.56. The van der Waals surface area contributed by atoms with E-state index in [0.717, 1.165) is 23.6 Å². The van der Waals surface area contributed by atoms with E-state index in [2.05, 4.69) is 10.2 Å². The van der Waals surface area contributed by atoms with E-state index in [-0.39, 0.29) is 11.0 Å². The van der Waals surface area contributed by atoms with Crippen molar-refractivity contribution in [1.82, 2.24) is 14.8 Å². The third-order valence-electron chi connectivity index (χ3n) is 4.58. The highest BCUT2D eigenvalue weighted by Crippen LogP contribution is 2.29. The van der Waals surface area contributed by atoms with Crippen molar-refractivity contribution in [1.29, 1.82) is 0 Å². The van der Waals surface area contributed by atoms with Crippen LogP contribution in [0.2, 0.25) is 5.02 Å². The van der Waals surface area contributed by atoms with Crippen LogP contribution in [0.4, 0.5) is 0 Å². The number of carbonyl (C=O) groups is 1. The van der Waals surface area contributed by atoms with Crippen molar-refractivity contribution in [2.45, 2.75) is 30.3 Å². The predicted molar refractivity (Wildman–Crippen MR) is 120 cm³/mol. The highest BCUT2D eigenvalue weighted by Gasteiger charge is 2.22. The number of benzene rings is 2. The van der Waals surface area contributed by atoms with Gasteiger partial charge in [-0.05, 0) is 61.9 Å². The number of Topliss-reactive ketones (excluding diaryl/α,β-unsaturated/α-hetero) is 1. The van der Waals surface area contributed by atoms with Gasteiger partial charge in [-0.1, -0.05) is 23.4 Å². The van der Waals surface area contributed by atoms with E-state index in [0.29, 0.717) is 28.9 Å². The number of hydrogen-bond acceptors (Lipinski definition) is 6. The van der Waals surface area contributed by atoms with Crippen molar-refractivity contribution in [3.63, 3.8) is 0 Å². The monoisotopic (exact) mass is 445 g/mol. The third kappa shape index (κ3) is 5.41. The first kappa shape index (κ1) is 22.3. The molecule has 0 unspecified atom stereocenters. The minimum Gasteiger partial charge on any atom is -0.497 e. The summed E-state index contributed by atoms with van der Waals surface area (Å²) in [4.78, 5) is 12.9. The Kier molecular flexibility index (Phi) is 7.90. The minimum absolute atomic E-state index is 0.0298. The number of ether oxygens (including phenoxy) is 2. The molecular formula is C22H24ClN3O3S. The molecule has 0 aliphatic carbocycles. The van der Waals surface area contributed by atoms with Gasteiger partial charge in [0.1, 0.15) is 5.75 Å². The normalized spacial score (nSPS) is 12.0. The Labute approximate surface area is 185 Å².